The molecule has 0 atom stereocenters. The highest BCUT2D eigenvalue weighted by Crippen LogP contribution is 2.26. The molecule has 2 aromatic rings. The molecule has 3 rings (SSSR count). The summed E-state index contributed by atoms with van der Waals surface area (Å²) < 4.78 is 0.713. The lowest BCUT2D eigenvalue weighted by atomic mass is 10.1. The van der Waals surface area contributed by atoms with E-state index in [9.17, 15) is 4.79 Å². The van der Waals surface area contributed by atoms with Crippen LogP contribution in [0.15, 0.2) is 40.9 Å². The first-order chi connectivity index (χ1) is 9.63. The van der Waals surface area contributed by atoms with Gasteiger partial charge < -0.3 is 10.6 Å². The molecule has 0 saturated carbocycles. The molecule has 102 valence electrons. The minimum absolute atomic E-state index is 0.145. The normalized spacial score (nSPS) is 12.7. The van der Waals surface area contributed by atoms with Crippen LogP contribution < -0.4 is 10.6 Å². The SMILES string of the molecule is O=C(Nc1ccc2c(c1)CCN2)c1ccc(Cl)c(Br)c1. The van der Waals surface area contributed by atoms with Gasteiger partial charge in [0.15, 0.2) is 0 Å². The molecule has 1 aliphatic rings. The third kappa shape index (κ3) is 2.67. The summed E-state index contributed by atoms with van der Waals surface area (Å²) in [5.74, 6) is -0.145. The van der Waals surface area contributed by atoms with Crippen molar-refractivity contribution in [3.8, 4) is 0 Å². The number of fused-ring (bicyclic) bond motifs is 1. The minimum atomic E-state index is -0.145. The summed E-state index contributed by atoms with van der Waals surface area (Å²) >= 11 is 9.24. The third-order valence-electron chi connectivity index (χ3n) is 3.25. The highest BCUT2D eigenvalue weighted by Gasteiger charge is 2.12. The number of amides is 1. The fraction of sp³-hybridized carbons (Fsp3) is 0.133. The van der Waals surface area contributed by atoms with Gasteiger partial charge in [-0.1, -0.05) is 11.6 Å². The Kier molecular flexibility index (Phi) is 3.68. The summed E-state index contributed by atoms with van der Waals surface area (Å²) in [6, 6.07) is 11.0. The molecule has 3 nitrogen and oxygen atoms in total. The first kappa shape index (κ1) is 13.5. The number of nitrogens with one attached hydrogen (secondary N) is 2. The maximum absolute atomic E-state index is 12.2. The minimum Gasteiger partial charge on any atom is -0.384 e. The van der Waals surface area contributed by atoms with Crippen molar-refractivity contribution in [2.24, 2.45) is 0 Å². The topological polar surface area (TPSA) is 41.1 Å². The van der Waals surface area contributed by atoms with E-state index in [-0.39, 0.29) is 5.91 Å². The molecule has 2 aromatic carbocycles. The van der Waals surface area contributed by atoms with Crippen LogP contribution in [-0.2, 0) is 6.42 Å². The van der Waals surface area contributed by atoms with E-state index in [2.05, 4.69) is 26.6 Å². The van der Waals surface area contributed by atoms with Crippen LogP contribution in [0.25, 0.3) is 0 Å². The van der Waals surface area contributed by atoms with Crippen LogP contribution in [0.1, 0.15) is 15.9 Å². The van der Waals surface area contributed by atoms with E-state index in [1.54, 1.807) is 18.2 Å². The Hall–Kier alpha value is -1.52. The van der Waals surface area contributed by atoms with Gasteiger partial charge in [0.25, 0.3) is 5.91 Å². The zero-order valence-electron chi connectivity index (χ0n) is 10.5. The first-order valence-electron chi connectivity index (χ1n) is 6.27. The highest BCUT2D eigenvalue weighted by molar-refractivity contribution is 9.10. The van der Waals surface area contributed by atoms with Gasteiger partial charge in [0, 0.05) is 28.0 Å². The van der Waals surface area contributed by atoms with Crippen LogP contribution in [0.3, 0.4) is 0 Å². The number of hydrogen-bond donors (Lipinski definition) is 2. The maximum atomic E-state index is 12.2. The molecule has 2 N–H and O–H groups in total. The largest absolute Gasteiger partial charge is 0.384 e. The van der Waals surface area contributed by atoms with Crippen molar-refractivity contribution in [3.05, 3.63) is 57.0 Å². The number of carbonyl (C=O) groups is 1. The molecule has 0 bridgehead atoms. The summed E-state index contributed by atoms with van der Waals surface area (Å²) in [6.07, 6.45) is 0.992. The first-order valence-corrected chi connectivity index (χ1v) is 7.44. The lowest BCUT2D eigenvalue weighted by Crippen LogP contribution is -2.11. The monoisotopic (exact) mass is 350 g/mol. The van der Waals surface area contributed by atoms with Crippen LogP contribution in [0.5, 0.6) is 0 Å². The van der Waals surface area contributed by atoms with Crippen molar-refractivity contribution in [2.45, 2.75) is 6.42 Å². The van der Waals surface area contributed by atoms with Crippen LogP contribution in [0, 0.1) is 0 Å². The molecular weight excluding hydrogens is 340 g/mol. The summed E-state index contributed by atoms with van der Waals surface area (Å²) in [5, 5.41) is 6.78. The second kappa shape index (κ2) is 5.46. The van der Waals surface area contributed by atoms with E-state index in [0.29, 0.717) is 15.1 Å². The Labute approximate surface area is 130 Å². The van der Waals surface area contributed by atoms with E-state index < -0.39 is 0 Å². The molecule has 1 amide bonds. The Morgan fingerprint density at radius 1 is 1.25 bits per heavy atom. The molecule has 0 saturated heterocycles. The van der Waals surface area contributed by atoms with E-state index in [0.717, 1.165) is 24.3 Å². The van der Waals surface area contributed by atoms with Gasteiger partial charge in [-0.3, -0.25) is 4.79 Å². The number of carbonyl (C=O) groups excluding carboxylic acids is 1. The smallest absolute Gasteiger partial charge is 0.255 e. The average Bonchev–Trinajstić information content (AvgIpc) is 2.89. The van der Waals surface area contributed by atoms with Gasteiger partial charge >= 0.3 is 0 Å². The lowest BCUT2D eigenvalue weighted by molar-refractivity contribution is 0.102. The number of rotatable bonds is 2. The summed E-state index contributed by atoms with van der Waals surface area (Å²) in [6.45, 7) is 0.955. The predicted molar refractivity (Wildman–Crippen MR) is 85.7 cm³/mol. The highest BCUT2D eigenvalue weighted by atomic mass is 79.9. The summed E-state index contributed by atoms with van der Waals surface area (Å²) in [5.41, 5.74) is 3.76. The molecule has 5 heteroatoms. The predicted octanol–water partition coefficient (Wildman–Crippen LogP) is 4.32. The van der Waals surface area contributed by atoms with Gasteiger partial charge in [-0.15, -0.1) is 0 Å². The van der Waals surface area contributed by atoms with Gasteiger partial charge in [0.05, 0.1) is 5.02 Å². The van der Waals surface area contributed by atoms with Crippen LogP contribution >= 0.6 is 27.5 Å². The number of benzene rings is 2. The second-order valence-electron chi connectivity index (χ2n) is 4.63. The van der Waals surface area contributed by atoms with Crippen molar-refractivity contribution in [2.75, 3.05) is 17.2 Å². The molecule has 0 aliphatic carbocycles. The molecule has 0 aromatic heterocycles. The Balaban J connectivity index is 1.80. The molecule has 20 heavy (non-hydrogen) atoms. The van der Waals surface area contributed by atoms with Crippen molar-refractivity contribution in [1.82, 2.24) is 0 Å². The molecule has 0 radical (unpaired) electrons. The second-order valence-corrected chi connectivity index (χ2v) is 5.89. The Morgan fingerprint density at radius 2 is 2.10 bits per heavy atom. The molecule has 0 fully saturated rings. The van der Waals surface area contributed by atoms with E-state index in [1.807, 2.05) is 18.2 Å². The van der Waals surface area contributed by atoms with Crippen molar-refractivity contribution in [3.63, 3.8) is 0 Å². The quantitative estimate of drug-likeness (QED) is 0.846. The average molecular weight is 352 g/mol. The zero-order valence-corrected chi connectivity index (χ0v) is 12.9. The molecule has 0 unspecified atom stereocenters. The fourth-order valence-corrected chi connectivity index (χ4v) is 2.72. The lowest BCUT2D eigenvalue weighted by Gasteiger charge is -2.08. The number of hydrogen-bond acceptors (Lipinski definition) is 2. The zero-order chi connectivity index (χ0) is 14.1. The molecule has 0 spiro atoms. The van der Waals surface area contributed by atoms with Crippen LogP contribution in [-0.4, -0.2) is 12.5 Å². The number of halogens is 2. The Bertz CT molecular complexity index is 688. The van der Waals surface area contributed by atoms with E-state index in [4.69, 9.17) is 11.6 Å². The standard InChI is InChI=1S/C15H12BrClN2O/c16-12-8-10(1-3-13(12)17)15(20)19-11-2-4-14-9(7-11)5-6-18-14/h1-4,7-8,18H,5-6H2,(H,19,20). The third-order valence-corrected chi connectivity index (χ3v) is 4.47. The van der Waals surface area contributed by atoms with Gasteiger partial charge in [-0.2, -0.15) is 0 Å². The van der Waals surface area contributed by atoms with E-state index >= 15 is 0 Å². The fourth-order valence-electron chi connectivity index (χ4n) is 2.22. The van der Waals surface area contributed by atoms with Gasteiger partial charge in [0.2, 0.25) is 0 Å². The van der Waals surface area contributed by atoms with Crippen molar-refractivity contribution in [1.29, 1.82) is 0 Å². The van der Waals surface area contributed by atoms with Crippen LogP contribution in [0.2, 0.25) is 5.02 Å². The Morgan fingerprint density at radius 3 is 2.90 bits per heavy atom. The maximum Gasteiger partial charge on any atom is 0.255 e. The van der Waals surface area contributed by atoms with Crippen LogP contribution in [0.4, 0.5) is 11.4 Å². The molecule has 1 aliphatic heterocycles. The van der Waals surface area contributed by atoms with Crippen molar-refractivity contribution < 1.29 is 4.79 Å². The van der Waals surface area contributed by atoms with Gasteiger partial charge in [-0.25, -0.2) is 0 Å². The van der Waals surface area contributed by atoms with Crippen molar-refractivity contribution >= 4 is 44.8 Å². The molecular formula is C15H12BrClN2O. The van der Waals surface area contributed by atoms with Gasteiger partial charge in [-0.05, 0) is 64.3 Å². The molecule has 1 heterocycles. The van der Waals surface area contributed by atoms with E-state index in [1.165, 1.54) is 5.56 Å². The van der Waals surface area contributed by atoms with Gasteiger partial charge in [0.1, 0.15) is 0 Å². The summed E-state index contributed by atoms with van der Waals surface area (Å²) in [4.78, 5) is 12.2. The number of anilines is 2. The summed E-state index contributed by atoms with van der Waals surface area (Å²) in [7, 11) is 0.